The first-order chi connectivity index (χ1) is 9.30. The van der Waals surface area contributed by atoms with Crippen LogP contribution in [-0.2, 0) is 5.54 Å². The molecule has 0 aliphatic heterocycles. The third kappa shape index (κ3) is 2.26. The molecule has 96 valence electrons. The maximum atomic E-state index is 12.3. The van der Waals surface area contributed by atoms with Gasteiger partial charge in [-0.2, -0.15) is 0 Å². The van der Waals surface area contributed by atoms with E-state index in [0.717, 1.165) is 18.4 Å². The van der Waals surface area contributed by atoms with E-state index < -0.39 is 0 Å². The predicted octanol–water partition coefficient (Wildman–Crippen LogP) is 3.50. The summed E-state index contributed by atoms with van der Waals surface area (Å²) in [7, 11) is 0. The normalized spacial score (nSPS) is 16.4. The molecule has 0 heterocycles. The van der Waals surface area contributed by atoms with E-state index in [9.17, 15) is 4.79 Å². The molecule has 2 aromatic carbocycles. The summed E-state index contributed by atoms with van der Waals surface area (Å²) in [5, 5.41) is 3.22. The fraction of sp³-hybridized carbons (Fsp3) is 0.235. The Morgan fingerprint density at radius 1 is 0.895 bits per heavy atom. The largest absolute Gasteiger partial charge is 0.343 e. The van der Waals surface area contributed by atoms with Crippen molar-refractivity contribution in [2.75, 3.05) is 0 Å². The van der Waals surface area contributed by atoms with Crippen molar-refractivity contribution < 1.29 is 4.79 Å². The molecule has 0 saturated heterocycles. The van der Waals surface area contributed by atoms with Crippen LogP contribution in [0.15, 0.2) is 60.7 Å². The summed E-state index contributed by atoms with van der Waals surface area (Å²) in [6.45, 7) is 0. The van der Waals surface area contributed by atoms with Gasteiger partial charge < -0.3 is 5.32 Å². The number of amides is 1. The average molecular weight is 251 g/mol. The molecule has 2 aromatic rings. The van der Waals surface area contributed by atoms with Crippen molar-refractivity contribution in [2.45, 2.75) is 24.8 Å². The van der Waals surface area contributed by atoms with Gasteiger partial charge in [-0.05, 0) is 37.0 Å². The highest BCUT2D eigenvalue weighted by Gasteiger charge is 2.39. The lowest BCUT2D eigenvalue weighted by molar-refractivity contribution is 0.0823. The molecule has 0 unspecified atom stereocenters. The minimum atomic E-state index is -0.159. The van der Waals surface area contributed by atoms with E-state index in [1.54, 1.807) is 0 Å². The highest BCUT2D eigenvalue weighted by Crippen LogP contribution is 2.41. The number of rotatable bonds is 3. The lowest BCUT2D eigenvalue weighted by atomic mass is 9.71. The lowest BCUT2D eigenvalue weighted by Gasteiger charge is -2.43. The van der Waals surface area contributed by atoms with Gasteiger partial charge in [-0.3, -0.25) is 4.79 Å². The van der Waals surface area contributed by atoms with Gasteiger partial charge in [0.15, 0.2) is 0 Å². The van der Waals surface area contributed by atoms with Crippen molar-refractivity contribution in [3.63, 3.8) is 0 Å². The van der Waals surface area contributed by atoms with E-state index in [-0.39, 0.29) is 11.4 Å². The molecule has 0 aromatic heterocycles. The molecule has 0 bridgehead atoms. The summed E-state index contributed by atoms with van der Waals surface area (Å²) in [5.41, 5.74) is 1.78. The standard InChI is InChI=1S/C17H17NO/c19-16(14-8-3-1-4-9-14)18-17(12-7-13-17)15-10-5-2-6-11-15/h1-6,8-11H,7,12-13H2,(H,18,19). The Bertz CT molecular complexity index is 558. The first kappa shape index (κ1) is 12.0. The highest BCUT2D eigenvalue weighted by molar-refractivity contribution is 5.94. The van der Waals surface area contributed by atoms with Crippen molar-refractivity contribution in [1.29, 1.82) is 0 Å². The maximum Gasteiger partial charge on any atom is 0.251 e. The Morgan fingerprint density at radius 2 is 1.47 bits per heavy atom. The number of carbonyl (C=O) groups is 1. The molecule has 3 rings (SSSR count). The van der Waals surface area contributed by atoms with E-state index in [0.29, 0.717) is 0 Å². The van der Waals surface area contributed by atoms with E-state index >= 15 is 0 Å². The van der Waals surface area contributed by atoms with Crippen molar-refractivity contribution in [2.24, 2.45) is 0 Å². The highest BCUT2D eigenvalue weighted by atomic mass is 16.1. The Kier molecular flexibility index (Phi) is 3.08. The van der Waals surface area contributed by atoms with Gasteiger partial charge in [0.2, 0.25) is 0 Å². The summed E-state index contributed by atoms with van der Waals surface area (Å²) >= 11 is 0. The fourth-order valence-electron chi connectivity index (χ4n) is 2.65. The Morgan fingerprint density at radius 3 is 2.00 bits per heavy atom. The monoisotopic (exact) mass is 251 g/mol. The van der Waals surface area contributed by atoms with Crippen LogP contribution >= 0.6 is 0 Å². The van der Waals surface area contributed by atoms with Crippen molar-refractivity contribution in [3.05, 3.63) is 71.8 Å². The van der Waals surface area contributed by atoms with Crippen LogP contribution in [0.25, 0.3) is 0 Å². The first-order valence-electron chi connectivity index (χ1n) is 6.73. The topological polar surface area (TPSA) is 29.1 Å². The maximum absolute atomic E-state index is 12.3. The number of carbonyl (C=O) groups excluding carboxylic acids is 1. The summed E-state index contributed by atoms with van der Waals surface area (Å²) < 4.78 is 0. The number of nitrogens with one attached hydrogen (secondary N) is 1. The third-order valence-electron chi connectivity index (χ3n) is 3.92. The summed E-state index contributed by atoms with van der Waals surface area (Å²) in [6, 6.07) is 19.7. The summed E-state index contributed by atoms with van der Waals surface area (Å²) in [6.07, 6.45) is 3.22. The molecule has 1 aliphatic rings. The average Bonchev–Trinajstić information content (AvgIpc) is 2.44. The smallest absolute Gasteiger partial charge is 0.251 e. The summed E-state index contributed by atoms with van der Waals surface area (Å²) in [5.74, 6) is 0.0177. The van der Waals surface area contributed by atoms with Crippen molar-refractivity contribution in [3.8, 4) is 0 Å². The van der Waals surface area contributed by atoms with Gasteiger partial charge in [0.25, 0.3) is 5.91 Å². The van der Waals surface area contributed by atoms with Crippen LogP contribution in [0.1, 0.15) is 35.2 Å². The molecule has 19 heavy (non-hydrogen) atoms. The predicted molar refractivity (Wildman–Crippen MR) is 75.9 cm³/mol. The van der Waals surface area contributed by atoms with E-state index in [2.05, 4.69) is 17.4 Å². The second-order valence-electron chi connectivity index (χ2n) is 5.12. The van der Waals surface area contributed by atoms with Gasteiger partial charge in [0.1, 0.15) is 0 Å². The minimum absolute atomic E-state index is 0.0177. The fourth-order valence-corrected chi connectivity index (χ4v) is 2.65. The molecule has 1 N–H and O–H groups in total. The van der Waals surface area contributed by atoms with Gasteiger partial charge in [-0.15, -0.1) is 0 Å². The van der Waals surface area contributed by atoms with Gasteiger partial charge in [-0.25, -0.2) is 0 Å². The zero-order valence-corrected chi connectivity index (χ0v) is 10.8. The summed E-state index contributed by atoms with van der Waals surface area (Å²) in [4.78, 5) is 12.3. The third-order valence-corrected chi connectivity index (χ3v) is 3.92. The van der Waals surface area contributed by atoms with E-state index in [4.69, 9.17) is 0 Å². The quantitative estimate of drug-likeness (QED) is 0.888. The second kappa shape index (κ2) is 4.88. The molecule has 0 spiro atoms. The van der Waals surface area contributed by atoms with Crippen LogP contribution in [0.5, 0.6) is 0 Å². The van der Waals surface area contributed by atoms with Crippen molar-refractivity contribution in [1.82, 2.24) is 5.32 Å². The van der Waals surface area contributed by atoms with Crippen LogP contribution in [0.3, 0.4) is 0 Å². The number of benzene rings is 2. The minimum Gasteiger partial charge on any atom is -0.343 e. The Labute approximate surface area is 113 Å². The van der Waals surface area contributed by atoms with Crippen LogP contribution in [0.2, 0.25) is 0 Å². The lowest BCUT2D eigenvalue weighted by Crippen LogP contribution is -2.50. The molecular formula is C17H17NO. The molecule has 1 amide bonds. The number of hydrogen-bond acceptors (Lipinski definition) is 1. The van der Waals surface area contributed by atoms with E-state index in [1.165, 1.54) is 12.0 Å². The molecule has 1 aliphatic carbocycles. The molecule has 2 nitrogen and oxygen atoms in total. The van der Waals surface area contributed by atoms with Gasteiger partial charge in [0.05, 0.1) is 5.54 Å². The zero-order chi connectivity index (χ0) is 13.1. The van der Waals surface area contributed by atoms with Crippen LogP contribution in [-0.4, -0.2) is 5.91 Å². The van der Waals surface area contributed by atoms with Crippen LogP contribution < -0.4 is 5.32 Å². The van der Waals surface area contributed by atoms with Gasteiger partial charge >= 0.3 is 0 Å². The molecular weight excluding hydrogens is 234 g/mol. The SMILES string of the molecule is O=C(NC1(c2ccccc2)CCC1)c1ccccc1. The Hall–Kier alpha value is -2.09. The van der Waals surface area contributed by atoms with Gasteiger partial charge in [0, 0.05) is 5.56 Å². The first-order valence-corrected chi connectivity index (χ1v) is 6.73. The molecule has 2 heteroatoms. The molecule has 1 saturated carbocycles. The number of hydrogen-bond donors (Lipinski definition) is 1. The van der Waals surface area contributed by atoms with Crippen molar-refractivity contribution >= 4 is 5.91 Å². The van der Waals surface area contributed by atoms with Crippen LogP contribution in [0.4, 0.5) is 0 Å². The van der Waals surface area contributed by atoms with Gasteiger partial charge in [-0.1, -0.05) is 48.5 Å². The molecule has 0 radical (unpaired) electrons. The zero-order valence-electron chi connectivity index (χ0n) is 10.8. The van der Waals surface area contributed by atoms with E-state index in [1.807, 2.05) is 48.5 Å². The molecule has 1 fully saturated rings. The van der Waals surface area contributed by atoms with Crippen LogP contribution in [0, 0.1) is 0 Å². The molecule has 0 atom stereocenters. The Balaban J connectivity index is 1.83. The second-order valence-corrected chi connectivity index (χ2v) is 5.12.